The van der Waals surface area contributed by atoms with Gasteiger partial charge in [0.1, 0.15) is 12.2 Å². The molecule has 1 aromatic heterocycles. The highest BCUT2D eigenvalue weighted by atomic mass is 15.3. The molecule has 0 unspecified atom stereocenters. The van der Waals surface area contributed by atoms with Crippen LogP contribution in [0.15, 0.2) is 6.33 Å². The zero-order valence-electron chi connectivity index (χ0n) is 12.3. The molecule has 1 aliphatic rings. The van der Waals surface area contributed by atoms with Crippen molar-refractivity contribution in [1.29, 1.82) is 5.26 Å². The quantitative estimate of drug-likeness (QED) is 0.834. The molecule has 0 atom stereocenters. The van der Waals surface area contributed by atoms with E-state index in [1.807, 2.05) is 4.68 Å². The van der Waals surface area contributed by atoms with Crippen LogP contribution in [-0.4, -0.2) is 14.8 Å². The first kappa shape index (κ1) is 14.0. The van der Waals surface area contributed by atoms with Crippen LogP contribution in [0.4, 0.5) is 0 Å². The molecule has 104 valence electrons. The van der Waals surface area contributed by atoms with Crippen LogP contribution in [0.2, 0.25) is 0 Å². The molecular weight excluding hydrogens is 236 g/mol. The Kier molecular flexibility index (Phi) is 3.93. The van der Waals surface area contributed by atoms with E-state index in [0.29, 0.717) is 5.41 Å². The molecule has 0 aliphatic heterocycles. The van der Waals surface area contributed by atoms with Crippen molar-refractivity contribution in [1.82, 2.24) is 14.8 Å². The zero-order chi connectivity index (χ0) is 13.9. The molecule has 0 saturated heterocycles. The molecule has 0 aromatic carbocycles. The van der Waals surface area contributed by atoms with Crippen LogP contribution in [0.25, 0.3) is 0 Å². The summed E-state index contributed by atoms with van der Waals surface area (Å²) in [7, 11) is 0. The lowest BCUT2D eigenvalue weighted by atomic mass is 9.64. The van der Waals surface area contributed by atoms with Crippen LogP contribution in [-0.2, 0) is 13.0 Å². The lowest BCUT2D eigenvalue weighted by Gasteiger charge is -2.39. The summed E-state index contributed by atoms with van der Waals surface area (Å²) in [5.41, 5.74) is 0.158. The number of nitrogens with zero attached hydrogens (tertiary/aromatic N) is 4. The van der Waals surface area contributed by atoms with E-state index in [1.54, 1.807) is 6.33 Å². The minimum absolute atomic E-state index is 0.228. The molecule has 1 aliphatic carbocycles. The van der Waals surface area contributed by atoms with Gasteiger partial charge in [-0.2, -0.15) is 10.4 Å². The fourth-order valence-electron chi connectivity index (χ4n) is 2.86. The summed E-state index contributed by atoms with van der Waals surface area (Å²) in [5, 5.41) is 13.9. The number of rotatable bonds is 4. The topological polar surface area (TPSA) is 54.5 Å². The summed E-state index contributed by atoms with van der Waals surface area (Å²) in [4.78, 5) is 4.36. The third-order valence-electron chi connectivity index (χ3n) is 4.43. The van der Waals surface area contributed by atoms with Gasteiger partial charge in [-0.05, 0) is 37.5 Å². The SMILES string of the molecule is CCCn1ncnc1CC1(C#N)CCC(C)(C)CC1. The van der Waals surface area contributed by atoms with E-state index in [4.69, 9.17) is 0 Å². The van der Waals surface area contributed by atoms with Crippen LogP contribution in [0.1, 0.15) is 58.7 Å². The molecule has 4 nitrogen and oxygen atoms in total. The van der Waals surface area contributed by atoms with Crippen LogP contribution < -0.4 is 0 Å². The van der Waals surface area contributed by atoms with Crippen molar-refractivity contribution in [3.63, 3.8) is 0 Å². The first-order valence-electron chi connectivity index (χ1n) is 7.28. The first-order chi connectivity index (χ1) is 9.00. The lowest BCUT2D eigenvalue weighted by molar-refractivity contribution is 0.143. The van der Waals surface area contributed by atoms with Gasteiger partial charge < -0.3 is 0 Å². The predicted molar refractivity (Wildman–Crippen MR) is 74.3 cm³/mol. The van der Waals surface area contributed by atoms with E-state index in [9.17, 15) is 5.26 Å². The van der Waals surface area contributed by atoms with Crippen LogP contribution >= 0.6 is 0 Å². The highest BCUT2D eigenvalue weighted by Gasteiger charge is 2.39. The van der Waals surface area contributed by atoms with Crippen LogP contribution in [0.3, 0.4) is 0 Å². The van der Waals surface area contributed by atoms with Gasteiger partial charge in [-0.1, -0.05) is 20.8 Å². The molecule has 0 radical (unpaired) electrons. The van der Waals surface area contributed by atoms with Crippen molar-refractivity contribution in [2.75, 3.05) is 0 Å². The summed E-state index contributed by atoms with van der Waals surface area (Å²) in [5.74, 6) is 0.975. The van der Waals surface area contributed by atoms with Gasteiger partial charge in [0.05, 0.1) is 11.5 Å². The Morgan fingerprint density at radius 3 is 2.58 bits per heavy atom. The summed E-state index contributed by atoms with van der Waals surface area (Å²) in [6, 6.07) is 2.58. The average molecular weight is 260 g/mol. The van der Waals surface area contributed by atoms with Gasteiger partial charge in [0.15, 0.2) is 0 Å². The summed E-state index contributed by atoms with van der Waals surface area (Å²) in [6.45, 7) is 7.62. The normalized spacial score (nSPS) is 20.9. The van der Waals surface area contributed by atoms with Crippen molar-refractivity contribution < 1.29 is 0 Å². The Bertz CT molecular complexity index is 457. The summed E-state index contributed by atoms with van der Waals surface area (Å²) in [6.07, 6.45) is 7.63. The Morgan fingerprint density at radius 1 is 1.32 bits per heavy atom. The monoisotopic (exact) mass is 260 g/mol. The molecule has 1 fully saturated rings. The maximum absolute atomic E-state index is 9.62. The minimum atomic E-state index is -0.228. The largest absolute Gasteiger partial charge is 0.250 e. The third-order valence-corrected chi connectivity index (χ3v) is 4.43. The van der Waals surface area contributed by atoms with E-state index in [-0.39, 0.29) is 5.41 Å². The van der Waals surface area contributed by atoms with Gasteiger partial charge in [0.2, 0.25) is 0 Å². The third kappa shape index (κ3) is 3.15. The minimum Gasteiger partial charge on any atom is -0.250 e. The van der Waals surface area contributed by atoms with E-state index < -0.39 is 0 Å². The number of nitriles is 1. The number of hydrogen-bond donors (Lipinski definition) is 0. The second kappa shape index (κ2) is 5.32. The standard InChI is InChI=1S/C15H24N4/c1-4-9-19-13(17-12-18-19)10-15(11-16)7-5-14(2,3)6-8-15/h12H,4-10H2,1-3H3. The van der Waals surface area contributed by atoms with Crippen molar-refractivity contribution >= 4 is 0 Å². The maximum Gasteiger partial charge on any atom is 0.138 e. The lowest BCUT2D eigenvalue weighted by Crippen LogP contribution is -2.32. The maximum atomic E-state index is 9.62. The molecule has 1 saturated carbocycles. The van der Waals surface area contributed by atoms with Crippen LogP contribution in [0, 0.1) is 22.2 Å². The molecule has 0 bridgehead atoms. The van der Waals surface area contributed by atoms with Gasteiger partial charge in [-0.3, -0.25) is 4.68 Å². The Hall–Kier alpha value is -1.37. The Morgan fingerprint density at radius 2 is 2.00 bits per heavy atom. The summed E-state index contributed by atoms with van der Waals surface area (Å²) < 4.78 is 1.96. The molecular formula is C15H24N4. The molecule has 2 rings (SSSR count). The summed E-state index contributed by atoms with van der Waals surface area (Å²) >= 11 is 0. The fraction of sp³-hybridized carbons (Fsp3) is 0.800. The van der Waals surface area contributed by atoms with Crippen molar-refractivity contribution in [2.24, 2.45) is 10.8 Å². The molecule has 0 spiro atoms. The van der Waals surface area contributed by atoms with Gasteiger partial charge in [0, 0.05) is 13.0 Å². The Labute approximate surface area is 115 Å². The van der Waals surface area contributed by atoms with Crippen LogP contribution in [0.5, 0.6) is 0 Å². The van der Waals surface area contributed by atoms with E-state index >= 15 is 0 Å². The smallest absolute Gasteiger partial charge is 0.138 e. The number of hydrogen-bond acceptors (Lipinski definition) is 3. The van der Waals surface area contributed by atoms with Crippen molar-refractivity contribution in [3.8, 4) is 6.07 Å². The van der Waals surface area contributed by atoms with Crippen molar-refractivity contribution in [2.45, 2.75) is 65.8 Å². The van der Waals surface area contributed by atoms with Gasteiger partial charge in [0.25, 0.3) is 0 Å². The van der Waals surface area contributed by atoms with Gasteiger partial charge in [-0.15, -0.1) is 0 Å². The molecule has 4 heteroatoms. The second-order valence-electron chi connectivity index (χ2n) is 6.63. The molecule has 1 heterocycles. The van der Waals surface area contributed by atoms with E-state index in [0.717, 1.165) is 50.9 Å². The van der Waals surface area contributed by atoms with Crippen molar-refractivity contribution in [3.05, 3.63) is 12.2 Å². The predicted octanol–water partition coefficient (Wildman–Crippen LogP) is 3.34. The molecule has 0 N–H and O–H groups in total. The molecule has 0 amide bonds. The van der Waals surface area contributed by atoms with Gasteiger partial charge >= 0.3 is 0 Å². The van der Waals surface area contributed by atoms with E-state index in [1.165, 1.54) is 0 Å². The number of aromatic nitrogens is 3. The fourth-order valence-corrected chi connectivity index (χ4v) is 2.86. The van der Waals surface area contributed by atoms with E-state index in [2.05, 4.69) is 36.9 Å². The highest BCUT2D eigenvalue weighted by molar-refractivity contribution is 5.08. The molecule has 19 heavy (non-hydrogen) atoms. The average Bonchev–Trinajstić information content (AvgIpc) is 2.80. The van der Waals surface area contributed by atoms with Gasteiger partial charge in [-0.25, -0.2) is 4.98 Å². The second-order valence-corrected chi connectivity index (χ2v) is 6.63. The molecule has 1 aromatic rings. The first-order valence-corrected chi connectivity index (χ1v) is 7.28. The Balaban J connectivity index is 2.11. The zero-order valence-corrected chi connectivity index (χ0v) is 12.3. The number of aryl methyl sites for hydroxylation is 1. The highest BCUT2D eigenvalue weighted by Crippen LogP contribution is 2.46.